The molecule has 0 aliphatic heterocycles. The van der Waals surface area contributed by atoms with E-state index in [9.17, 15) is 0 Å². The van der Waals surface area contributed by atoms with Crippen LogP contribution in [0.4, 0.5) is 0 Å². The summed E-state index contributed by atoms with van der Waals surface area (Å²) in [6.45, 7) is 8.19. The summed E-state index contributed by atoms with van der Waals surface area (Å²) in [5, 5.41) is 7.97. The van der Waals surface area contributed by atoms with Crippen LogP contribution in [-0.4, -0.2) is 10.7 Å². The number of pyridine rings is 1. The molecule has 1 aliphatic rings. The van der Waals surface area contributed by atoms with E-state index in [4.69, 9.17) is 5.41 Å². The molecule has 1 heterocycles. The van der Waals surface area contributed by atoms with Crippen LogP contribution >= 0.6 is 0 Å². The first-order chi connectivity index (χ1) is 9.02. The summed E-state index contributed by atoms with van der Waals surface area (Å²) in [6, 6.07) is 2.19. The van der Waals surface area contributed by atoms with E-state index in [1.807, 2.05) is 13.1 Å². The number of nitrogens with zero attached hydrogens (tertiary/aromatic N) is 1. The highest BCUT2D eigenvalue weighted by Crippen LogP contribution is 2.30. The summed E-state index contributed by atoms with van der Waals surface area (Å²) < 4.78 is 0. The van der Waals surface area contributed by atoms with Crippen molar-refractivity contribution in [3.05, 3.63) is 45.8 Å². The molecule has 0 spiro atoms. The van der Waals surface area contributed by atoms with Gasteiger partial charge in [-0.1, -0.05) is 18.6 Å². The highest BCUT2D eigenvalue weighted by molar-refractivity contribution is 6.02. The molecular formula is C17H22N2. The van der Waals surface area contributed by atoms with Crippen LogP contribution in [0.15, 0.2) is 29.0 Å². The number of fused-ring (bicyclic) bond motifs is 1. The van der Waals surface area contributed by atoms with Gasteiger partial charge in [-0.25, -0.2) is 0 Å². The van der Waals surface area contributed by atoms with Crippen LogP contribution in [0.5, 0.6) is 0 Å². The minimum absolute atomic E-state index is 0.666. The van der Waals surface area contributed by atoms with Gasteiger partial charge in [0.2, 0.25) is 0 Å². The summed E-state index contributed by atoms with van der Waals surface area (Å²) in [5.74, 6) is 0. The van der Waals surface area contributed by atoms with Crippen LogP contribution in [0.2, 0.25) is 0 Å². The molecule has 0 atom stereocenters. The molecule has 1 aromatic rings. The van der Waals surface area contributed by atoms with Crippen LogP contribution < -0.4 is 0 Å². The van der Waals surface area contributed by atoms with Crippen molar-refractivity contribution in [2.24, 2.45) is 0 Å². The fourth-order valence-corrected chi connectivity index (χ4v) is 2.74. The Morgan fingerprint density at radius 2 is 2.00 bits per heavy atom. The van der Waals surface area contributed by atoms with Gasteiger partial charge in [-0.3, -0.25) is 4.98 Å². The van der Waals surface area contributed by atoms with Crippen LogP contribution in [0.25, 0.3) is 6.08 Å². The van der Waals surface area contributed by atoms with Gasteiger partial charge in [0.25, 0.3) is 0 Å². The van der Waals surface area contributed by atoms with Gasteiger partial charge in [0.05, 0.1) is 0 Å². The maximum absolute atomic E-state index is 7.97. The lowest BCUT2D eigenvalue weighted by atomic mass is 9.86. The van der Waals surface area contributed by atoms with Gasteiger partial charge < -0.3 is 5.41 Å². The number of aromatic nitrogens is 1. The zero-order valence-corrected chi connectivity index (χ0v) is 12.3. The van der Waals surface area contributed by atoms with Crippen LogP contribution in [0.3, 0.4) is 0 Å². The van der Waals surface area contributed by atoms with E-state index in [2.05, 4.69) is 37.9 Å². The Bertz CT molecular complexity index is 573. The van der Waals surface area contributed by atoms with Gasteiger partial charge in [-0.05, 0) is 68.4 Å². The van der Waals surface area contributed by atoms with Crippen LogP contribution in [0.1, 0.15) is 50.9 Å². The molecule has 0 fully saturated rings. The summed E-state index contributed by atoms with van der Waals surface area (Å²) >= 11 is 0. The standard InChI is InChI=1S/C17H22N2/c1-5-16-9-15-8-13(6-7-14(15)10-19-16)17(11(2)3)12(4)18/h8-10,18H,5-7H2,1-4H3. The van der Waals surface area contributed by atoms with E-state index in [-0.39, 0.29) is 0 Å². The quantitative estimate of drug-likeness (QED) is 0.800. The highest BCUT2D eigenvalue weighted by atomic mass is 14.7. The summed E-state index contributed by atoms with van der Waals surface area (Å²) in [5.41, 5.74) is 8.08. The van der Waals surface area contributed by atoms with Crippen molar-refractivity contribution >= 4 is 11.8 Å². The molecule has 100 valence electrons. The van der Waals surface area contributed by atoms with Gasteiger partial charge >= 0.3 is 0 Å². The molecule has 0 aromatic carbocycles. The molecule has 1 aromatic heterocycles. The Hall–Kier alpha value is -1.70. The second kappa shape index (κ2) is 5.52. The third-order valence-electron chi connectivity index (χ3n) is 3.63. The van der Waals surface area contributed by atoms with Crippen molar-refractivity contribution in [3.63, 3.8) is 0 Å². The van der Waals surface area contributed by atoms with Crippen LogP contribution in [0, 0.1) is 5.41 Å². The number of allylic oxidation sites excluding steroid dienone is 3. The molecule has 0 radical (unpaired) electrons. The molecule has 0 saturated carbocycles. The van der Waals surface area contributed by atoms with E-state index in [1.165, 1.54) is 22.3 Å². The maximum Gasteiger partial charge on any atom is 0.0407 e. The number of hydrogen-bond donors (Lipinski definition) is 1. The molecule has 0 saturated heterocycles. The summed E-state index contributed by atoms with van der Waals surface area (Å²) in [7, 11) is 0. The third-order valence-corrected chi connectivity index (χ3v) is 3.63. The Morgan fingerprint density at radius 1 is 1.26 bits per heavy atom. The number of nitrogens with one attached hydrogen (secondary N) is 1. The monoisotopic (exact) mass is 254 g/mol. The molecule has 19 heavy (non-hydrogen) atoms. The highest BCUT2D eigenvalue weighted by Gasteiger charge is 2.16. The smallest absolute Gasteiger partial charge is 0.0407 e. The fourth-order valence-electron chi connectivity index (χ4n) is 2.74. The zero-order valence-electron chi connectivity index (χ0n) is 12.3. The Labute approximate surface area is 115 Å². The third kappa shape index (κ3) is 2.83. The first-order valence-electron chi connectivity index (χ1n) is 6.94. The first kappa shape index (κ1) is 13.7. The molecule has 0 bridgehead atoms. The van der Waals surface area contributed by atoms with Gasteiger partial charge in [0, 0.05) is 17.6 Å². The van der Waals surface area contributed by atoms with Crippen molar-refractivity contribution < 1.29 is 0 Å². The average Bonchev–Trinajstić information content (AvgIpc) is 2.37. The minimum atomic E-state index is 0.666. The lowest BCUT2D eigenvalue weighted by Gasteiger charge is -2.20. The second-order valence-corrected chi connectivity index (χ2v) is 5.40. The normalized spacial score (nSPS) is 13.6. The van der Waals surface area contributed by atoms with Crippen molar-refractivity contribution in [1.29, 1.82) is 5.41 Å². The average molecular weight is 254 g/mol. The maximum atomic E-state index is 7.97. The first-order valence-corrected chi connectivity index (χ1v) is 6.94. The SMILES string of the molecule is CCc1cc2c(cn1)CCC(C(C(C)=N)=C(C)C)=C2. The largest absolute Gasteiger partial charge is 0.305 e. The molecule has 1 N–H and O–H groups in total. The van der Waals surface area contributed by atoms with Gasteiger partial charge in [-0.2, -0.15) is 0 Å². The van der Waals surface area contributed by atoms with E-state index >= 15 is 0 Å². The molecule has 0 unspecified atom stereocenters. The Balaban J connectivity index is 2.48. The van der Waals surface area contributed by atoms with E-state index < -0.39 is 0 Å². The molecule has 2 rings (SSSR count). The molecule has 2 heteroatoms. The van der Waals surface area contributed by atoms with Gasteiger partial charge in [-0.15, -0.1) is 0 Å². The lowest BCUT2D eigenvalue weighted by molar-refractivity contribution is 0.913. The molecular weight excluding hydrogens is 232 g/mol. The van der Waals surface area contributed by atoms with Gasteiger partial charge in [0.15, 0.2) is 0 Å². The topological polar surface area (TPSA) is 36.7 Å². The number of hydrogen-bond acceptors (Lipinski definition) is 2. The molecule has 2 nitrogen and oxygen atoms in total. The van der Waals surface area contributed by atoms with Crippen molar-refractivity contribution in [2.75, 3.05) is 0 Å². The fraction of sp³-hybridized carbons (Fsp3) is 0.412. The molecule has 1 aliphatic carbocycles. The Morgan fingerprint density at radius 3 is 2.58 bits per heavy atom. The summed E-state index contributed by atoms with van der Waals surface area (Å²) in [4.78, 5) is 4.47. The lowest BCUT2D eigenvalue weighted by Crippen LogP contribution is -2.08. The minimum Gasteiger partial charge on any atom is -0.305 e. The predicted octanol–water partition coefficient (Wildman–Crippen LogP) is 4.35. The summed E-state index contributed by atoms with van der Waals surface area (Å²) in [6.07, 6.45) is 7.27. The Kier molecular flexibility index (Phi) is 3.98. The number of rotatable bonds is 3. The predicted molar refractivity (Wildman–Crippen MR) is 81.7 cm³/mol. The molecule has 0 amide bonds. The van der Waals surface area contributed by atoms with Gasteiger partial charge in [0.1, 0.15) is 0 Å². The van der Waals surface area contributed by atoms with Crippen molar-refractivity contribution in [3.8, 4) is 0 Å². The van der Waals surface area contributed by atoms with Crippen molar-refractivity contribution in [1.82, 2.24) is 4.98 Å². The van der Waals surface area contributed by atoms with Crippen LogP contribution in [-0.2, 0) is 12.8 Å². The van der Waals surface area contributed by atoms with E-state index in [1.54, 1.807) is 0 Å². The van der Waals surface area contributed by atoms with Crippen molar-refractivity contribution in [2.45, 2.75) is 47.0 Å². The van der Waals surface area contributed by atoms with E-state index in [0.29, 0.717) is 5.71 Å². The van der Waals surface area contributed by atoms with E-state index in [0.717, 1.165) is 30.5 Å². The number of aryl methyl sites for hydroxylation is 2. The second-order valence-electron chi connectivity index (χ2n) is 5.40. The zero-order chi connectivity index (χ0) is 14.0.